The molecule has 0 aliphatic carbocycles. The van der Waals surface area contributed by atoms with E-state index in [1.165, 1.54) is 0 Å². The first-order valence-corrected chi connectivity index (χ1v) is 8.89. The van der Waals surface area contributed by atoms with Crippen LogP contribution in [0.4, 0.5) is 11.4 Å². The van der Waals surface area contributed by atoms with Crippen LogP contribution in [-0.4, -0.2) is 42.4 Å². The third-order valence-corrected chi connectivity index (χ3v) is 4.36. The van der Waals surface area contributed by atoms with Crippen molar-refractivity contribution in [3.63, 3.8) is 0 Å². The molecule has 1 aliphatic rings. The predicted molar refractivity (Wildman–Crippen MR) is 101 cm³/mol. The number of amides is 1. The maximum Gasteiger partial charge on any atom is 0.313 e. The lowest BCUT2D eigenvalue weighted by Crippen LogP contribution is -2.36. The lowest BCUT2D eigenvalue weighted by atomic mass is 10.2. The highest BCUT2D eigenvalue weighted by Gasteiger charge is 2.19. The molecular formula is C20H20N4O3. The zero-order chi connectivity index (χ0) is 18.5. The van der Waals surface area contributed by atoms with E-state index in [1.807, 2.05) is 54.6 Å². The summed E-state index contributed by atoms with van der Waals surface area (Å²) in [7, 11) is 0. The first kappa shape index (κ1) is 17.2. The molecule has 0 saturated carbocycles. The lowest BCUT2D eigenvalue weighted by Gasteiger charge is -2.30. The van der Waals surface area contributed by atoms with E-state index in [9.17, 15) is 4.79 Å². The summed E-state index contributed by atoms with van der Waals surface area (Å²) in [6.45, 7) is 2.92. The Labute approximate surface area is 157 Å². The van der Waals surface area contributed by atoms with E-state index in [-0.39, 0.29) is 5.89 Å². The average molecular weight is 364 g/mol. The van der Waals surface area contributed by atoms with Crippen molar-refractivity contribution < 1.29 is 13.9 Å². The Morgan fingerprint density at radius 1 is 1.00 bits per heavy atom. The molecule has 0 atom stereocenters. The van der Waals surface area contributed by atoms with Crippen molar-refractivity contribution in [3.8, 4) is 0 Å². The Balaban J connectivity index is 1.47. The Morgan fingerprint density at radius 2 is 1.74 bits per heavy atom. The standard InChI is InChI=1S/C20H20N4O3/c25-19(20-23-22-18(27-20)14-15-6-2-1-3-7-15)21-16-8-4-5-9-17(16)24-10-12-26-13-11-24/h1-9H,10-14H2,(H,21,25). The van der Waals surface area contributed by atoms with Crippen LogP contribution in [0.1, 0.15) is 22.1 Å². The van der Waals surface area contributed by atoms with Gasteiger partial charge in [0.25, 0.3) is 0 Å². The highest BCUT2D eigenvalue weighted by Crippen LogP contribution is 2.26. The normalized spacial score (nSPS) is 14.1. The summed E-state index contributed by atoms with van der Waals surface area (Å²) in [5, 5.41) is 10.8. The predicted octanol–water partition coefficient (Wildman–Crippen LogP) is 2.75. The number of para-hydroxylation sites is 2. The van der Waals surface area contributed by atoms with E-state index < -0.39 is 5.91 Å². The minimum absolute atomic E-state index is 0.0438. The second kappa shape index (κ2) is 8.01. The van der Waals surface area contributed by atoms with E-state index in [2.05, 4.69) is 20.4 Å². The summed E-state index contributed by atoms with van der Waals surface area (Å²) in [6, 6.07) is 17.5. The molecule has 1 saturated heterocycles. The smallest absolute Gasteiger partial charge is 0.313 e. The number of morpholine rings is 1. The first-order chi connectivity index (χ1) is 13.3. The van der Waals surface area contributed by atoms with Crippen LogP contribution in [0.3, 0.4) is 0 Å². The fraction of sp³-hybridized carbons (Fsp3) is 0.250. The minimum Gasteiger partial charge on any atom is -0.417 e. The molecule has 0 unspecified atom stereocenters. The van der Waals surface area contributed by atoms with Crippen LogP contribution in [0.15, 0.2) is 59.0 Å². The van der Waals surface area contributed by atoms with E-state index in [0.717, 1.165) is 24.3 Å². The molecule has 0 spiro atoms. The maximum atomic E-state index is 12.6. The number of hydrogen-bond donors (Lipinski definition) is 1. The number of carbonyl (C=O) groups excluding carboxylic acids is 1. The molecule has 7 nitrogen and oxygen atoms in total. The molecule has 2 aromatic carbocycles. The van der Waals surface area contributed by atoms with Crippen LogP contribution in [0, 0.1) is 0 Å². The highest BCUT2D eigenvalue weighted by atomic mass is 16.5. The number of benzene rings is 2. The Hall–Kier alpha value is -3.19. The largest absolute Gasteiger partial charge is 0.417 e. The van der Waals surface area contributed by atoms with E-state index in [0.29, 0.717) is 31.2 Å². The van der Waals surface area contributed by atoms with Crippen molar-refractivity contribution in [1.29, 1.82) is 0 Å². The van der Waals surface area contributed by atoms with Gasteiger partial charge in [-0.1, -0.05) is 42.5 Å². The Morgan fingerprint density at radius 3 is 2.56 bits per heavy atom. The number of rotatable bonds is 5. The summed E-state index contributed by atoms with van der Waals surface area (Å²) in [5.41, 5.74) is 2.72. The quantitative estimate of drug-likeness (QED) is 0.750. The molecule has 1 N–H and O–H groups in total. The van der Waals surface area contributed by atoms with Crippen LogP contribution >= 0.6 is 0 Å². The number of aromatic nitrogens is 2. The molecule has 1 fully saturated rings. The molecular weight excluding hydrogens is 344 g/mol. The van der Waals surface area contributed by atoms with Crippen LogP contribution in [-0.2, 0) is 11.2 Å². The number of hydrogen-bond acceptors (Lipinski definition) is 6. The molecule has 1 aliphatic heterocycles. The van der Waals surface area contributed by atoms with Crippen molar-refractivity contribution in [2.24, 2.45) is 0 Å². The summed E-state index contributed by atoms with van der Waals surface area (Å²) in [4.78, 5) is 14.8. The first-order valence-electron chi connectivity index (χ1n) is 8.89. The van der Waals surface area contributed by atoms with Gasteiger partial charge in [0.15, 0.2) is 0 Å². The van der Waals surface area contributed by atoms with Gasteiger partial charge in [-0.2, -0.15) is 0 Å². The lowest BCUT2D eigenvalue weighted by molar-refractivity contribution is 0.0988. The number of carbonyl (C=O) groups is 1. The van der Waals surface area contributed by atoms with Crippen molar-refractivity contribution in [1.82, 2.24) is 10.2 Å². The topological polar surface area (TPSA) is 80.5 Å². The molecule has 3 aromatic rings. The molecule has 4 rings (SSSR count). The molecule has 0 bridgehead atoms. The molecule has 2 heterocycles. The van der Waals surface area contributed by atoms with Gasteiger partial charge in [-0.25, -0.2) is 0 Å². The number of nitrogens with zero attached hydrogens (tertiary/aromatic N) is 3. The van der Waals surface area contributed by atoms with Gasteiger partial charge in [0.05, 0.1) is 31.0 Å². The Kier molecular flexibility index (Phi) is 5.11. The van der Waals surface area contributed by atoms with Crippen molar-refractivity contribution in [2.45, 2.75) is 6.42 Å². The van der Waals surface area contributed by atoms with Crippen LogP contribution in [0.5, 0.6) is 0 Å². The van der Waals surface area contributed by atoms with Crippen molar-refractivity contribution >= 4 is 17.3 Å². The van der Waals surface area contributed by atoms with Gasteiger partial charge in [-0.15, -0.1) is 10.2 Å². The van der Waals surface area contributed by atoms with Crippen molar-refractivity contribution in [2.75, 3.05) is 36.5 Å². The second-order valence-electron chi connectivity index (χ2n) is 6.23. The molecule has 7 heteroatoms. The third kappa shape index (κ3) is 4.15. The van der Waals surface area contributed by atoms with E-state index in [1.54, 1.807) is 0 Å². The summed E-state index contributed by atoms with van der Waals surface area (Å²) in [6.07, 6.45) is 0.492. The van der Waals surface area contributed by atoms with Gasteiger partial charge in [0.1, 0.15) is 0 Å². The fourth-order valence-electron chi connectivity index (χ4n) is 3.02. The van der Waals surface area contributed by atoms with Crippen LogP contribution in [0.2, 0.25) is 0 Å². The minimum atomic E-state index is -0.414. The fourth-order valence-corrected chi connectivity index (χ4v) is 3.02. The van der Waals surface area contributed by atoms with Gasteiger partial charge < -0.3 is 19.4 Å². The number of ether oxygens (including phenoxy) is 1. The molecule has 1 aromatic heterocycles. The van der Waals surface area contributed by atoms with Gasteiger partial charge >= 0.3 is 11.8 Å². The zero-order valence-electron chi connectivity index (χ0n) is 14.8. The maximum absolute atomic E-state index is 12.6. The van der Waals surface area contributed by atoms with E-state index in [4.69, 9.17) is 9.15 Å². The van der Waals surface area contributed by atoms with Crippen LogP contribution < -0.4 is 10.2 Å². The second-order valence-corrected chi connectivity index (χ2v) is 6.23. The van der Waals surface area contributed by atoms with Gasteiger partial charge in [-0.05, 0) is 17.7 Å². The monoisotopic (exact) mass is 364 g/mol. The SMILES string of the molecule is O=C(Nc1ccccc1N1CCOCC1)c1nnc(Cc2ccccc2)o1. The number of anilines is 2. The molecule has 0 radical (unpaired) electrons. The summed E-state index contributed by atoms with van der Waals surface area (Å²) < 4.78 is 10.9. The molecule has 1 amide bonds. The molecule has 138 valence electrons. The van der Waals surface area contributed by atoms with Crippen molar-refractivity contribution in [3.05, 3.63) is 71.9 Å². The van der Waals surface area contributed by atoms with Gasteiger partial charge in [0, 0.05) is 13.1 Å². The van der Waals surface area contributed by atoms with Gasteiger partial charge in [-0.3, -0.25) is 4.79 Å². The Bertz CT molecular complexity index is 904. The third-order valence-electron chi connectivity index (χ3n) is 4.36. The molecule has 27 heavy (non-hydrogen) atoms. The van der Waals surface area contributed by atoms with Gasteiger partial charge in [0.2, 0.25) is 5.89 Å². The average Bonchev–Trinajstić information content (AvgIpc) is 3.18. The summed E-state index contributed by atoms with van der Waals surface area (Å²) in [5.74, 6) is -0.0481. The zero-order valence-corrected chi connectivity index (χ0v) is 14.8. The van der Waals surface area contributed by atoms with E-state index >= 15 is 0 Å². The summed E-state index contributed by atoms with van der Waals surface area (Å²) >= 11 is 0. The number of nitrogens with one attached hydrogen (secondary N) is 1. The van der Waals surface area contributed by atoms with Crippen LogP contribution in [0.25, 0.3) is 0 Å². The highest BCUT2D eigenvalue weighted by molar-refractivity contribution is 6.02.